The maximum atomic E-state index is 11.9. The number of aromatic nitrogens is 2. The van der Waals surface area contributed by atoms with Crippen LogP contribution in [0.3, 0.4) is 0 Å². The van der Waals surface area contributed by atoms with E-state index in [0.29, 0.717) is 13.0 Å². The van der Waals surface area contributed by atoms with Gasteiger partial charge in [-0.05, 0) is 36.1 Å². The molecular formula is C20H21N3O. The van der Waals surface area contributed by atoms with Gasteiger partial charge in [0.25, 0.3) is 0 Å². The number of carbonyl (C=O) groups excluding carboxylic acids is 1. The van der Waals surface area contributed by atoms with Crippen LogP contribution in [0.4, 0.5) is 0 Å². The van der Waals surface area contributed by atoms with E-state index in [2.05, 4.69) is 10.4 Å². The molecule has 3 aromatic rings. The fraction of sp³-hybridized carbons (Fsp3) is 0.200. The first kappa shape index (κ1) is 16.0. The summed E-state index contributed by atoms with van der Waals surface area (Å²) in [5.41, 5.74) is 3.34. The van der Waals surface area contributed by atoms with Gasteiger partial charge in [-0.25, -0.2) is 4.68 Å². The predicted molar refractivity (Wildman–Crippen MR) is 95.0 cm³/mol. The van der Waals surface area contributed by atoms with Gasteiger partial charge in [0, 0.05) is 19.2 Å². The molecule has 122 valence electrons. The molecule has 1 amide bonds. The summed E-state index contributed by atoms with van der Waals surface area (Å²) in [5.74, 6) is 0.0919. The van der Waals surface area contributed by atoms with E-state index in [1.54, 1.807) is 0 Å². The molecule has 1 heterocycles. The van der Waals surface area contributed by atoms with Crippen LogP contribution in [0.25, 0.3) is 5.69 Å². The lowest BCUT2D eigenvalue weighted by molar-refractivity contribution is -0.121. The SMILES string of the molecule is O=C(CCc1ccccc1)NCCc1cnn(-c2ccccc2)c1. The second-order valence-electron chi connectivity index (χ2n) is 5.71. The Hall–Kier alpha value is -2.88. The number of aryl methyl sites for hydroxylation is 1. The molecule has 1 aromatic heterocycles. The summed E-state index contributed by atoms with van der Waals surface area (Å²) < 4.78 is 1.85. The van der Waals surface area contributed by atoms with E-state index in [-0.39, 0.29) is 5.91 Å². The van der Waals surface area contributed by atoms with E-state index < -0.39 is 0 Å². The molecule has 1 N–H and O–H groups in total. The minimum absolute atomic E-state index is 0.0919. The quantitative estimate of drug-likeness (QED) is 0.727. The highest BCUT2D eigenvalue weighted by molar-refractivity contribution is 5.76. The molecule has 4 nitrogen and oxygen atoms in total. The highest BCUT2D eigenvalue weighted by Gasteiger charge is 2.04. The van der Waals surface area contributed by atoms with Crippen LogP contribution in [0.15, 0.2) is 73.1 Å². The van der Waals surface area contributed by atoms with Crippen molar-refractivity contribution in [2.45, 2.75) is 19.3 Å². The van der Waals surface area contributed by atoms with E-state index in [1.807, 2.05) is 77.7 Å². The third kappa shape index (κ3) is 4.56. The summed E-state index contributed by atoms with van der Waals surface area (Å²) in [4.78, 5) is 11.9. The first-order valence-corrected chi connectivity index (χ1v) is 8.21. The Morgan fingerprint density at radius 2 is 1.62 bits per heavy atom. The molecule has 3 rings (SSSR count). The second kappa shape index (κ2) is 8.11. The van der Waals surface area contributed by atoms with Gasteiger partial charge in [0.1, 0.15) is 0 Å². The molecule has 0 bridgehead atoms. The lowest BCUT2D eigenvalue weighted by Gasteiger charge is -2.04. The van der Waals surface area contributed by atoms with Gasteiger partial charge in [0.05, 0.1) is 11.9 Å². The number of hydrogen-bond donors (Lipinski definition) is 1. The van der Waals surface area contributed by atoms with Crippen LogP contribution in [-0.2, 0) is 17.6 Å². The first-order valence-electron chi connectivity index (χ1n) is 8.21. The molecule has 0 saturated carbocycles. The Bertz CT molecular complexity index is 766. The van der Waals surface area contributed by atoms with Gasteiger partial charge >= 0.3 is 0 Å². The van der Waals surface area contributed by atoms with Gasteiger partial charge in [0.2, 0.25) is 5.91 Å². The molecular weight excluding hydrogens is 298 g/mol. The summed E-state index contributed by atoms with van der Waals surface area (Å²) in [6.07, 6.45) is 5.93. The Morgan fingerprint density at radius 1 is 0.917 bits per heavy atom. The van der Waals surface area contributed by atoms with E-state index in [9.17, 15) is 4.79 Å². The number of para-hydroxylation sites is 1. The van der Waals surface area contributed by atoms with Gasteiger partial charge in [0.15, 0.2) is 0 Å². The standard InChI is InChI=1S/C20H21N3O/c24-20(12-11-17-7-3-1-4-8-17)21-14-13-18-15-22-23(16-18)19-9-5-2-6-10-19/h1-10,15-16H,11-14H2,(H,21,24). The Kier molecular flexibility index (Phi) is 5.40. The van der Waals surface area contributed by atoms with E-state index in [0.717, 1.165) is 24.1 Å². The normalized spacial score (nSPS) is 10.5. The minimum atomic E-state index is 0.0919. The number of amides is 1. The van der Waals surface area contributed by atoms with Gasteiger partial charge in [-0.1, -0.05) is 48.5 Å². The molecule has 24 heavy (non-hydrogen) atoms. The van der Waals surface area contributed by atoms with Crippen LogP contribution in [0.5, 0.6) is 0 Å². The molecule has 0 aliphatic rings. The van der Waals surface area contributed by atoms with Crippen molar-refractivity contribution in [3.63, 3.8) is 0 Å². The minimum Gasteiger partial charge on any atom is -0.356 e. The number of nitrogens with zero attached hydrogens (tertiary/aromatic N) is 2. The van der Waals surface area contributed by atoms with Gasteiger partial charge in [-0.2, -0.15) is 5.10 Å². The zero-order valence-electron chi connectivity index (χ0n) is 13.6. The van der Waals surface area contributed by atoms with Crippen molar-refractivity contribution in [3.05, 3.63) is 84.2 Å². The number of rotatable bonds is 7. The monoisotopic (exact) mass is 319 g/mol. The molecule has 0 unspecified atom stereocenters. The third-order valence-corrected chi connectivity index (χ3v) is 3.88. The average Bonchev–Trinajstić information content (AvgIpc) is 3.11. The molecule has 0 spiro atoms. The van der Waals surface area contributed by atoms with Crippen molar-refractivity contribution in [3.8, 4) is 5.69 Å². The molecule has 0 radical (unpaired) electrons. The van der Waals surface area contributed by atoms with Crippen molar-refractivity contribution in [2.75, 3.05) is 6.54 Å². The summed E-state index contributed by atoms with van der Waals surface area (Å²) >= 11 is 0. The van der Waals surface area contributed by atoms with Crippen LogP contribution < -0.4 is 5.32 Å². The number of carbonyl (C=O) groups is 1. The zero-order chi connectivity index (χ0) is 16.6. The van der Waals surface area contributed by atoms with Crippen molar-refractivity contribution >= 4 is 5.91 Å². The summed E-state index contributed by atoms with van der Waals surface area (Å²) in [6.45, 7) is 0.633. The lowest BCUT2D eigenvalue weighted by Crippen LogP contribution is -2.25. The maximum Gasteiger partial charge on any atom is 0.220 e. The molecule has 0 fully saturated rings. The number of benzene rings is 2. The maximum absolute atomic E-state index is 11.9. The number of hydrogen-bond acceptors (Lipinski definition) is 2. The molecule has 0 aliphatic heterocycles. The second-order valence-corrected chi connectivity index (χ2v) is 5.71. The topological polar surface area (TPSA) is 46.9 Å². The zero-order valence-corrected chi connectivity index (χ0v) is 13.6. The van der Waals surface area contributed by atoms with Gasteiger partial charge in [-0.15, -0.1) is 0 Å². The van der Waals surface area contributed by atoms with Crippen LogP contribution in [0.1, 0.15) is 17.5 Å². The summed E-state index contributed by atoms with van der Waals surface area (Å²) in [7, 11) is 0. The van der Waals surface area contributed by atoms with E-state index >= 15 is 0 Å². The third-order valence-electron chi connectivity index (χ3n) is 3.88. The van der Waals surface area contributed by atoms with Gasteiger partial charge in [-0.3, -0.25) is 4.79 Å². The summed E-state index contributed by atoms with van der Waals surface area (Å²) in [6, 6.07) is 20.1. The van der Waals surface area contributed by atoms with Crippen molar-refractivity contribution in [1.82, 2.24) is 15.1 Å². The predicted octanol–water partition coefficient (Wildman–Crippen LogP) is 3.16. The fourth-order valence-corrected chi connectivity index (χ4v) is 2.55. The Labute approximate surface area is 142 Å². The van der Waals surface area contributed by atoms with Gasteiger partial charge < -0.3 is 5.32 Å². The van der Waals surface area contributed by atoms with E-state index in [4.69, 9.17) is 0 Å². The molecule has 0 atom stereocenters. The van der Waals surface area contributed by atoms with Crippen molar-refractivity contribution in [2.24, 2.45) is 0 Å². The summed E-state index contributed by atoms with van der Waals surface area (Å²) in [5, 5.41) is 7.34. The highest BCUT2D eigenvalue weighted by Crippen LogP contribution is 2.08. The first-order chi connectivity index (χ1) is 11.8. The molecule has 0 saturated heterocycles. The average molecular weight is 319 g/mol. The number of nitrogens with one attached hydrogen (secondary N) is 1. The smallest absolute Gasteiger partial charge is 0.220 e. The van der Waals surface area contributed by atoms with Crippen molar-refractivity contribution < 1.29 is 4.79 Å². The van der Waals surface area contributed by atoms with Crippen molar-refractivity contribution in [1.29, 1.82) is 0 Å². The Balaban J connectivity index is 1.42. The Morgan fingerprint density at radius 3 is 2.38 bits per heavy atom. The van der Waals surface area contributed by atoms with Crippen LogP contribution in [0.2, 0.25) is 0 Å². The van der Waals surface area contributed by atoms with Crippen LogP contribution in [-0.4, -0.2) is 22.2 Å². The highest BCUT2D eigenvalue weighted by atomic mass is 16.1. The molecule has 2 aromatic carbocycles. The largest absolute Gasteiger partial charge is 0.356 e. The molecule has 0 aliphatic carbocycles. The lowest BCUT2D eigenvalue weighted by atomic mass is 10.1. The van der Waals surface area contributed by atoms with E-state index in [1.165, 1.54) is 5.56 Å². The van der Waals surface area contributed by atoms with Crippen LogP contribution >= 0.6 is 0 Å². The van der Waals surface area contributed by atoms with Crippen LogP contribution in [0, 0.1) is 0 Å². The molecule has 4 heteroatoms. The fourth-order valence-electron chi connectivity index (χ4n) is 2.55.